The first-order valence-corrected chi connectivity index (χ1v) is 12.4. The third kappa shape index (κ3) is 2.93. The Balaban J connectivity index is 1.29. The van der Waals surface area contributed by atoms with Gasteiger partial charge in [0.05, 0.1) is 41.2 Å². The Morgan fingerprint density at radius 2 is 1.79 bits per heavy atom. The number of nitrogens with zero attached hydrogens (tertiary/aromatic N) is 2. The van der Waals surface area contributed by atoms with E-state index in [1.807, 2.05) is 24.3 Å². The summed E-state index contributed by atoms with van der Waals surface area (Å²) in [6.07, 6.45) is -0.322. The average Bonchev–Trinajstić information content (AvgIpc) is 3.62. The highest BCUT2D eigenvalue weighted by Crippen LogP contribution is 2.65. The van der Waals surface area contributed by atoms with Gasteiger partial charge in [-0.05, 0) is 31.2 Å². The first kappa shape index (κ1) is 22.8. The number of benzene rings is 3. The van der Waals surface area contributed by atoms with E-state index >= 15 is 0 Å². The minimum atomic E-state index is -1.21. The number of nitriles is 1. The van der Waals surface area contributed by atoms with Gasteiger partial charge in [0, 0.05) is 29.7 Å². The van der Waals surface area contributed by atoms with Crippen molar-refractivity contribution in [2.45, 2.75) is 37.1 Å². The van der Waals surface area contributed by atoms with Crippen LogP contribution in [0.25, 0.3) is 16.5 Å². The fraction of sp³-hybridized carbons (Fsp3) is 0.276. The first-order chi connectivity index (χ1) is 18.4. The van der Waals surface area contributed by atoms with Gasteiger partial charge in [-0.3, -0.25) is 4.57 Å². The van der Waals surface area contributed by atoms with E-state index in [1.54, 1.807) is 37.3 Å². The molecule has 1 fully saturated rings. The van der Waals surface area contributed by atoms with Crippen LogP contribution < -0.4 is 14.2 Å². The van der Waals surface area contributed by atoms with Crippen molar-refractivity contribution in [2.75, 3.05) is 13.4 Å². The Hall–Kier alpha value is -4.39. The number of rotatable bonds is 5. The van der Waals surface area contributed by atoms with E-state index < -0.39 is 17.3 Å². The van der Waals surface area contributed by atoms with Crippen LogP contribution in [0.15, 0.2) is 54.6 Å². The summed E-state index contributed by atoms with van der Waals surface area (Å²) in [5.41, 5.74) is -0.437. The van der Waals surface area contributed by atoms with Crippen molar-refractivity contribution in [3.63, 3.8) is 0 Å². The van der Waals surface area contributed by atoms with E-state index in [-0.39, 0.29) is 31.6 Å². The third-order valence-corrected chi connectivity index (χ3v) is 8.02. The van der Waals surface area contributed by atoms with E-state index in [4.69, 9.17) is 18.9 Å². The highest BCUT2D eigenvalue weighted by atomic mass is 16.7. The maximum absolute atomic E-state index is 11.6. The zero-order valence-electron chi connectivity index (χ0n) is 20.5. The molecule has 1 saturated heterocycles. The number of hydrogen-bond donors (Lipinski definition) is 3. The lowest BCUT2D eigenvalue weighted by molar-refractivity contribution is -0.107. The van der Waals surface area contributed by atoms with Crippen molar-refractivity contribution in [3.05, 3.63) is 71.3 Å². The van der Waals surface area contributed by atoms with Gasteiger partial charge in [0.15, 0.2) is 11.5 Å². The monoisotopic (exact) mass is 512 g/mol. The smallest absolute Gasteiger partial charge is 0.231 e. The molecule has 2 bridgehead atoms. The number of aromatic nitrogens is 1. The van der Waals surface area contributed by atoms with Crippen LogP contribution in [0.1, 0.15) is 36.5 Å². The molecular formula is C29H24N2O7. The van der Waals surface area contributed by atoms with E-state index in [0.717, 1.165) is 0 Å². The molecule has 3 aliphatic heterocycles. The number of ether oxygens (including phenoxy) is 4. The second-order valence-corrected chi connectivity index (χ2v) is 10.1. The number of aliphatic hydroxyl groups is 1. The Kier molecular flexibility index (Phi) is 4.68. The summed E-state index contributed by atoms with van der Waals surface area (Å²) in [4.78, 5) is 0. The van der Waals surface area contributed by atoms with Crippen molar-refractivity contribution in [1.29, 1.82) is 5.26 Å². The zero-order valence-corrected chi connectivity index (χ0v) is 20.5. The Morgan fingerprint density at radius 3 is 2.61 bits per heavy atom. The molecule has 1 aromatic heterocycles. The summed E-state index contributed by atoms with van der Waals surface area (Å²) in [6.45, 7) is 2.13. The molecule has 9 heteroatoms. The number of aliphatic hydroxyl groups excluding tert-OH is 1. The van der Waals surface area contributed by atoms with E-state index in [2.05, 4.69) is 6.07 Å². The first-order valence-electron chi connectivity index (χ1n) is 12.4. The molecule has 0 amide bonds. The van der Waals surface area contributed by atoms with Gasteiger partial charge >= 0.3 is 0 Å². The predicted octanol–water partition coefficient (Wildman–Crippen LogP) is 4.32. The van der Waals surface area contributed by atoms with Gasteiger partial charge in [0.25, 0.3) is 0 Å². The third-order valence-electron chi connectivity index (χ3n) is 8.02. The van der Waals surface area contributed by atoms with Gasteiger partial charge in [0.2, 0.25) is 18.6 Å². The van der Waals surface area contributed by atoms with Crippen LogP contribution in [0.3, 0.4) is 0 Å². The Morgan fingerprint density at radius 1 is 1.03 bits per heavy atom. The fourth-order valence-corrected chi connectivity index (χ4v) is 6.22. The summed E-state index contributed by atoms with van der Waals surface area (Å²) >= 11 is 0. The van der Waals surface area contributed by atoms with Crippen LogP contribution in [0.4, 0.5) is 0 Å². The van der Waals surface area contributed by atoms with Gasteiger partial charge in [-0.25, -0.2) is 0 Å². The van der Waals surface area contributed by atoms with Gasteiger partial charge in [-0.2, -0.15) is 5.26 Å². The van der Waals surface area contributed by atoms with Crippen molar-refractivity contribution < 1.29 is 34.3 Å². The maximum atomic E-state index is 11.6. The minimum absolute atomic E-state index is 0.161. The predicted molar refractivity (Wildman–Crippen MR) is 135 cm³/mol. The Bertz CT molecular complexity index is 1670. The van der Waals surface area contributed by atoms with Crippen LogP contribution in [0.5, 0.6) is 29.0 Å². The maximum Gasteiger partial charge on any atom is 0.231 e. The van der Waals surface area contributed by atoms with Crippen molar-refractivity contribution >= 4 is 10.8 Å². The van der Waals surface area contributed by atoms with Crippen LogP contribution in [-0.2, 0) is 15.9 Å². The number of hydrogen-bond acceptors (Lipinski definition) is 8. The molecule has 0 spiro atoms. The summed E-state index contributed by atoms with van der Waals surface area (Å²) in [7, 11) is 0. The van der Waals surface area contributed by atoms with Gasteiger partial charge in [-0.15, -0.1) is 0 Å². The van der Waals surface area contributed by atoms with Crippen molar-refractivity contribution in [1.82, 2.24) is 4.57 Å². The van der Waals surface area contributed by atoms with Crippen LogP contribution in [-0.4, -0.2) is 39.4 Å². The molecule has 3 N–H and O–H groups in total. The zero-order chi connectivity index (χ0) is 26.2. The second kappa shape index (κ2) is 7.81. The topological polar surface area (TPSA) is 126 Å². The molecule has 1 unspecified atom stereocenters. The van der Waals surface area contributed by atoms with Gasteiger partial charge in [0.1, 0.15) is 17.0 Å². The molecule has 192 valence electrons. The highest BCUT2D eigenvalue weighted by Gasteiger charge is 2.66. The summed E-state index contributed by atoms with van der Waals surface area (Å²) in [6, 6.07) is 18.2. The van der Waals surface area contributed by atoms with Crippen molar-refractivity contribution in [2.24, 2.45) is 0 Å². The molecule has 3 aromatic carbocycles. The van der Waals surface area contributed by atoms with Gasteiger partial charge in [-0.1, -0.05) is 24.3 Å². The van der Waals surface area contributed by atoms with Crippen LogP contribution in [0.2, 0.25) is 0 Å². The SMILES string of the molecule is C[C@]12O[C@](CCOc3ccc4c(c3)OCO4)(CC1O)c1c2c(O)n(-c2ccc(C#N)c3ccccc23)c1O. The largest absolute Gasteiger partial charge is 0.494 e. The molecule has 7 rings (SSSR count). The molecule has 4 aromatic rings. The molecule has 38 heavy (non-hydrogen) atoms. The lowest BCUT2D eigenvalue weighted by Gasteiger charge is -2.26. The molecule has 0 saturated carbocycles. The van der Waals surface area contributed by atoms with Crippen LogP contribution >= 0.6 is 0 Å². The fourth-order valence-electron chi connectivity index (χ4n) is 6.22. The molecule has 0 aliphatic carbocycles. The van der Waals surface area contributed by atoms with Crippen molar-refractivity contribution in [3.8, 4) is 40.8 Å². The molecule has 3 atom stereocenters. The molecular weight excluding hydrogens is 488 g/mol. The summed E-state index contributed by atoms with van der Waals surface area (Å²) < 4.78 is 24.5. The number of aromatic hydroxyl groups is 2. The lowest BCUT2D eigenvalue weighted by Crippen LogP contribution is -2.33. The summed E-state index contributed by atoms with van der Waals surface area (Å²) in [5, 5.41) is 45.0. The normalized spacial score (nSPS) is 24.5. The summed E-state index contributed by atoms with van der Waals surface area (Å²) in [5.74, 6) is 1.50. The van der Waals surface area contributed by atoms with Crippen LogP contribution in [0, 0.1) is 11.3 Å². The number of fused-ring (bicyclic) bond motifs is 7. The van der Waals surface area contributed by atoms with E-state index in [9.17, 15) is 20.6 Å². The Labute approximate surface area is 217 Å². The lowest BCUT2D eigenvalue weighted by atomic mass is 9.76. The van der Waals surface area contributed by atoms with Gasteiger partial charge < -0.3 is 34.3 Å². The second-order valence-electron chi connectivity index (χ2n) is 10.1. The standard InChI is InChI=1S/C29H24N2O7/c1-28-23(32)13-29(38-28,10-11-35-17-7-9-21-22(12-17)37-15-36-21)25-24(28)26(33)31(27(25)34)20-8-6-16(14-30)18-4-2-3-5-19(18)20/h2-9,12,23,32-34H,10-11,13,15H2,1H3/t23?,28-,29+/m0/s1. The quantitative estimate of drug-likeness (QED) is 0.361. The molecule has 3 aliphatic rings. The highest BCUT2D eigenvalue weighted by molar-refractivity contribution is 5.95. The minimum Gasteiger partial charge on any atom is -0.494 e. The average molecular weight is 513 g/mol. The molecule has 4 heterocycles. The molecule has 0 radical (unpaired) electrons. The molecule has 9 nitrogen and oxygen atoms in total. The van der Waals surface area contributed by atoms with E-state index in [0.29, 0.717) is 56.8 Å². The van der Waals surface area contributed by atoms with E-state index in [1.165, 1.54) is 4.57 Å².